The summed E-state index contributed by atoms with van der Waals surface area (Å²) < 4.78 is 1.22. The molecule has 0 saturated heterocycles. The van der Waals surface area contributed by atoms with Crippen LogP contribution >= 0.6 is 34.5 Å². The van der Waals surface area contributed by atoms with Gasteiger partial charge in [0.25, 0.3) is 0 Å². The van der Waals surface area contributed by atoms with E-state index in [1.807, 2.05) is 12.1 Å². The summed E-state index contributed by atoms with van der Waals surface area (Å²) in [6.45, 7) is 2.73. The lowest BCUT2D eigenvalue weighted by Gasteiger charge is -2.09. The first-order valence-electron chi connectivity index (χ1n) is 8.24. The zero-order valence-electron chi connectivity index (χ0n) is 14.1. The number of nitrogens with zero attached hydrogens (tertiary/aromatic N) is 1. The molecule has 130 valence electrons. The summed E-state index contributed by atoms with van der Waals surface area (Å²) in [5.41, 5.74) is 5.43. The Balaban J connectivity index is 1.51. The molecule has 1 aromatic heterocycles. The van der Waals surface area contributed by atoms with Crippen molar-refractivity contribution < 1.29 is 0 Å². The van der Waals surface area contributed by atoms with Gasteiger partial charge >= 0.3 is 0 Å². The Hall–Kier alpha value is -2.07. The Morgan fingerprint density at radius 3 is 2.62 bits per heavy atom. The van der Waals surface area contributed by atoms with Crippen LogP contribution in [0.2, 0.25) is 10.0 Å². The predicted molar refractivity (Wildman–Crippen MR) is 114 cm³/mol. The second kappa shape index (κ2) is 7.28. The lowest BCUT2D eigenvalue weighted by atomic mass is 10.2. The molecule has 0 fully saturated rings. The second-order valence-corrected chi connectivity index (χ2v) is 7.95. The molecule has 0 atom stereocenters. The number of benzene rings is 3. The van der Waals surface area contributed by atoms with Crippen molar-refractivity contribution in [3.05, 3.63) is 81.8 Å². The standard InChI is InChI=1S/C21H16Cl2N2S/c1-13-5-10-18-19(11-13)26-21(25-18)14-6-8-16(9-7-14)24-12-15-3-2-4-17(22)20(15)23/h2-11,24H,12H2,1H3. The summed E-state index contributed by atoms with van der Waals surface area (Å²) in [6, 6.07) is 20.3. The molecule has 1 heterocycles. The molecule has 3 aromatic carbocycles. The third-order valence-electron chi connectivity index (χ3n) is 4.19. The minimum atomic E-state index is 0.576. The Morgan fingerprint density at radius 1 is 1.00 bits per heavy atom. The van der Waals surface area contributed by atoms with Gasteiger partial charge in [-0.05, 0) is 60.5 Å². The molecule has 0 aliphatic heterocycles. The molecule has 4 rings (SSSR count). The third kappa shape index (κ3) is 3.56. The second-order valence-electron chi connectivity index (χ2n) is 6.13. The van der Waals surface area contributed by atoms with Gasteiger partial charge in [-0.3, -0.25) is 0 Å². The van der Waals surface area contributed by atoms with Gasteiger partial charge in [-0.1, -0.05) is 41.4 Å². The molecule has 1 N–H and O–H groups in total. The molecule has 0 aliphatic carbocycles. The van der Waals surface area contributed by atoms with Crippen LogP contribution in [0.4, 0.5) is 5.69 Å². The van der Waals surface area contributed by atoms with Crippen LogP contribution in [0, 0.1) is 6.92 Å². The van der Waals surface area contributed by atoms with Crippen LogP contribution in [0.15, 0.2) is 60.7 Å². The van der Waals surface area contributed by atoms with Crippen LogP contribution in [0.25, 0.3) is 20.8 Å². The zero-order chi connectivity index (χ0) is 18.1. The van der Waals surface area contributed by atoms with Gasteiger partial charge < -0.3 is 5.32 Å². The van der Waals surface area contributed by atoms with Crippen LogP contribution in [-0.2, 0) is 6.54 Å². The van der Waals surface area contributed by atoms with Crippen molar-refractivity contribution in [2.75, 3.05) is 5.32 Å². The number of aryl methyl sites for hydroxylation is 1. The van der Waals surface area contributed by atoms with Gasteiger partial charge in [0.15, 0.2) is 0 Å². The van der Waals surface area contributed by atoms with E-state index in [9.17, 15) is 0 Å². The summed E-state index contributed by atoms with van der Waals surface area (Å²) in [4.78, 5) is 4.73. The molecule has 0 radical (unpaired) electrons. The molecular weight excluding hydrogens is 383 g/mol. The van der Waals surface area contributed by atoms with E-state index >= 15 is 0 Å². The van der Waals surface area contributed by atoms with Gasteiger partial charge in [0.2, 0.25) is 0 Å². The van der Waals surface area contributed by atoms with Crippen molar-refractivity contribution in [1.82, 2.24) is 4.98 Å². The topological polar surface area (TPSA) is 24.9 Å². The number of aromatic nitrogens is 1. The number of thiazole rings is 1. The van der Waals surface area contributed by atoms with Crippen LogP contribution < -0.4 is 5.32 Å². The van der Waals surface area contributed by atoms with Crippen LogP contribution in [0.3, 0.4) is 0 Å². The smallest absolute Gasteiger partial charge is 0.124 e. The van der Waals surface area contributed by atoms with Crippen molar-refractivity contribution in [1.29, 1.82) is 0 Å². The van der Waals surface area contributed by atoms with E-state index in [0.29, 0.717) is 16.6 Å². The van der Waals surface area contributed by atoms with Crippen molar-refractivity contribution in [2.45, 2.75) is 13.5 Å². The fourth-order valence-corrected chi connectivity index (χ4v) is 4.22. The molecule has 0 spiro atoms. The van der Waals surface area contributed by atoms with Crippen LogP contribution in [-0.4, -0.2) is 4.98 Å². The number of nitrogens with one attached hydrogen (secondary N) is 1. The third-order valence-corrected chi connectivity index (χ3v) is 6.12. The van der Waals surface area contributed by atoms with E-state index in [4.69, 9.17) is 28.2 Å². The molecule has 0 amide bonds. The molecule has 0 bridgehead atoms. The predicted octanol–water partition coefficient (Wildman–Crippen LogP) is 7.19. The van der Waals surface area contributed by atoms with Gasteiger partial charge in [-0.15, -0.1) is 11.3 Å². The van der Waals surface area contributed by atoms with E-state index < -0.39 is 0 Å². The fraction of sp³-hybridized carbons (Fsp3) is 0.0952. The van der Waals surface area contributed by atoms with Crippen molar-refractivity contribution in [3.63, 3.8) is 0 Å². The number of hydrogen-bond donors (Lipinski definition) is 1. The molecule has 0 saturated carbocycles. The largest absolute Gasteiger partial charge is 0.381 e. The summed E-state index contributed by atoms with van der Waals surface area (Å²) >= 11 is 14.0. The maximum Gasteiger partial charge on any atom is 0.124 e. The van der Waals surface area contributed by atoms with Crippen molar-refractivity contribution in [3.8, 4) is 10.6 Å². The molecule has 2 nitrogen and oxygen atoms in total. The highest BCUT2D eigenvalue weighted by Gasteiger charge is 2.07. The number of fused-ring (bicyclic) bond motifs is 1. The Morgan fingerprint density at radius 2 is 1.81 bits per heavy atom. The lowest BCUT2D eigenvalue weighted by Crippen LogP contribution is -2.00. The SMILES string of the molecule is Cc1ccc2nc(-c3ccc(NCc4cccc(Cl)c4Cl)cc3)sc2c1. The Bertz CT molecular complexity index is 1070. The van der Waals surface area contributed by atoms with Gasteiger partial charge in [0, 0.05) is 17.8 Å². The quantitative estimate of drug-likeness (QED) is 0.393. The number of hydrogen-bond acceptors (Lipinski definition) is 3. The van der Waals surface area contributed by atoms with E-state index in [-0.39, 0.29) is 0 Å². The van der Waals surface area contributed by atoms with Crippen molar-refractivity contribution in [2.24, 2.45) is 0 Å². The maximum atomic E-state index is 6.24. The summed E-state index contributed by atoms with van der Waals surface area (Å²) in [7, 11) is 0. The zero-order valence-corrected chi connectivity index (χ0v) is 16.4. The minimum absolute atomic E-state index is 0.576. The van der Waals surface area contributed by atoms with Crippen molar-refractivity contribution >= 4 is 50.4 Å². The van der Waals surface area contributed by atoms with E-state index in [2.05, 4.69) is 54.7 Å². The van der Waals surface area contributed by atoms with Gasteiger partial charge in [-0.25, -0.2) is 4.98 Å². The number of halogens is 2. The highest BCUT2D eigenvalue weighted by atomic mass is 35.5. The molecular formula is C21H16Cl2N2S. The van der Waals surface area contributed by atoms with E-state index in [0.717, 1.165) is 27.3 Å². The fourth-order valence-electron chi connectivity index (χ4n) is 2.77. The van der Waals surface area contributed by atoms with Crippen LogP contribution in [0.1, 0.15) is 11.1 Å². The summed E-state index contributed by atoms with van der Waals surface area (Å²) in [5.74, 6) is 0. The van der Waals surface area contributed by atoms with Gasteiger partial charge in [0.05, 0.1) is 20.3 Å². The molecule has 5 heteroatoms. The molecule has 0 unspecified atom stereocenters. The average molecular weight is 399 g/mol. The Kier molecular flexibility index (Phi) is 4.86. The first-order valence-corrected chi connectivity index (χ1v) is 9.82. The lowest BCUT2D eigenvalue weighted by molar-refractivity contribution is 1.15. The first-order chi connectivity index (χ1) is 12.6. The number of rotatable bonds is 4. The monoisotopic (exact) mass is 398 g/mol. The maximum absolute atomic E-state index is 6.24. The van der Waals surface area contributed by atoms with Gasteiger partial charge in [-0.2, -0.15) is 0 Å². The molecule has 0 aliphatic rings. The van der Waals surface area contributed by atoms with E-state index in [1.54, 1.807) is 17.4 Å². The highest BCUT2D eigenvalue weighted by molar-refractivity contribution is 7.21. The summed E-state index contributed by atoms with van der Waals surface area (Å²) in [6.07, 6.45) is 0. The average Bonchev–Trinajstić information content (AvgIpc) is 3.06. The Labute approximate surface area is 166 Å². The molecule has 4 aromatic rings. The summed E-state index contributed by atoms with van der Waals surface area (Å²) in [5, 5.41) is 5.60. The highest BCUT2D eigenvalue weighted by Crippen LogP contribution is 2.31. The number of anilines is 1. The van der Waals surface area contributed by atoms with E-state index in [1.165, 1.54) is 10.3 Å². The van der Waals surface area contributed by atoms with Gasteiger partial charge in [0.1, 0.15) is 5.01 Å². The molecule has 26 heavy (non-hydrogen) atoms. The first kappa shape index (κ1) is 17.3. The minimum Gasteiger partial charge on any atom is -0.381 e. The van der Waals surface area contributed by atoms with Crippen LogP contribution in [0.5, 0.6) is 0 Å². The normalized spacial score (nSPS) is 11.0.